The number of nitrogens with one attached hydrogen (secondary N) is 4. The summed E-state index contributed by atoms with van der Waals surface area (Å²) in [5.74, 6) is -0.879. The summed E-state index contributed by atoms with van der Waals surface area (Å²) < 4.78 is 46.1. The molecule has 10 nitrogen and oxygen atoms in total. The van der Waals surface area contributed by atoms with Crippen LogP contribution in [0.4, 0.5) is 21.6 Å². The molecular formula is C32H39FN6O4S. The van der Waals surface area contributed by atoms with E-state index in [9.17, 15) is 17.6 Å². The number of H-pyrrole nitrogens is 1. The minimum Gasteiger partial charge on any atom is -0.385 e. The topological polar surface area (TPSA) is 128 Å². The molecule has 3 aromatic carbocycles. The lowest BCUT2D eigenvalue weighted by atomic mass is 10.1. The van der Waals surface area contributed by atoms with E-state index in [0.29, 0.717) is 28.8 Å². The third-order valence-electron chi connectivity index (χ3n) is 7.82. The van der Waals surface area contributed by atoms with Crippen molar-refractivity contribution in [2.24, 2.45) is 0 Å². The van der Waals surface area contributed by atoms with E-state index < -0.39 is 21.6 Å². The number of aromatic nitrogens is 2. The monoisotopic (exact) mass is 622 g/mol. The Balaban J connectivity index is 1.37. The molecule has 1 atom stereocenters. The number of hydrogen-bond acceptors (Lipinski definition) is 8. The lowest BCUT2D eigenvalue weighted by molar-refractivity contribution is 0.0343. The second kappa shape index (κ2) is 14.2. The third kappa shape index (κ3) is 7.37. The normalized spacial score (nSPS) is 15.4. The van der Waals surface area contributed by atoms with Gasteiger partial charge < -0.3 is 25.6 Å². The number of halogens is 1. The molecule has 4 aromatic rings. The number of fused-ring (bicyclic) bond motifs is 1. The van der Waals surface area contributed by atoms with Crippen molar-refractivity contribution >= 4 is 43.8 Å². The fraction of sp³-hybridized carbons (Fsp3) is 0.375. The zero-order valence-corrected chi connectivity index (χ0v) is 25.8. The number of carbonyl (C=O) groups excluding carboxylic acids is 1. The molecule has 1 saturated heterocycles. The van der Waals surface area contributed by atoms with Crippen LogP contribution in [0.3, 0.4) is 0 Å². The van der Waals surface area contributed by atoms with Gasteiger partial charge in [0.15, 0.2) is 5.82 Å². The molecule has 12 heteroatoms. The number of sulfone groups is 1. The maximum Gasteiger partial charge on any atom is 0.258 e. The first-order valence-electron chi connectivity index (χ1n) is 15.1. The van der Waals surface area contributed by atoms with Crippen molar-refractivity contribution in [1.29, 1.82) is 0 Å². The van der Waals surface area contributed by atoms with E-state index in [0.717, 1.165) is 63.6 Å². The van der Waals surface area contributed by atoms with Crippen molar-refractivity contribution in [2.45, 2.75) is 55.5 Å². The van der Waals surface area contributed by atoms with Crippen LogP contribution < -0.4 is 16.0 Å². The van der Waals surface area contributed by atoms with Gasteiger partial charge in [0.25, 0.3) is 5.91 Å². The molecule has 0 radical (unpaired) electrons. The second-order valence-corrected chi connectivity index (χ2v) is 12.7. The fourth-order valence-electron chi connectivity index (χ4n) is 5.28. The van der Waals surface area contributed by atoms with Crippen LogP contribution in [-0.4, -0.2) is 68.4 Å². The average molecular weight is 623 g/mol. The quantitative estimate of drug-likeness (QED) is 0.136. The van der Waals surface area contributed by atoms with Gasteiger partial charge in [-0.2, -0.15) is 5.10 Å². The summed E-state index contributed by atoms with van der Waals surface area (Å²) >= 11 is 0. The number of amides is 1. The lowest BCUT2D eigenvalue weighted by Gasteiger charge is -2.26. The molecule has 2 heterocycles. The van der Waals surface area contributed by atoms with Crippen molar-refractivity contribution < 1.29 is 22.3 Å². The molecular weight excluding hydrogens is 583 g/mol. The van der Waals surface area contributed by atoms with E-state index in [1.165, 1.54) is 30.3 Å². The highest BCUT2D eigenvalue weighted by Gasteiger charge is 2.22. The molecule has 1 amide bonds. The van der Waals surface area contributed by atoms with E-state index in [-0.39, 0.29) is 21.8 Å². The number of nitrogens with zero attached hydrogens (tertiary/aromatic N) is 2. The minimum atomic E-state index is -4.00. The van der Waals surface area contributed by atoms with Gasteiger partial charge in [-0.1, -0.05) is 19.9 Å². The number of aromatic amines is 1. The molecule has 1 aliphatic heterocycles. The largest absolute Gasteiger partial charge is 0.385 e. The van der Waals surface area contributed by atoms with Gasteiger partial charge in [0.05, 0.1) is 26.6 Å². The molecule has 1 aromatic heterocycles. The Labute approximate surface area is 257 Å². The molecule has 5 rings (SSSR count). The highest BCUT2D eigenvalue weighted by atomic mass is 32.2. The number of ether oxygens (including phenoxy) is 1. The van der Waals surface area contributed by atoms with Gasteiger partial charge in [-0.15, -0.1) is 0 Å². The standard InChI is InChI=1S/C32H39FN6O4S/c1-3-39(4-2)17-8-16-34-23-12-14-26(29(20-23)35-30-11-5-6-18-43-30)32(40)36-31-27-21-25(13-15-28(27)37-38-31)44(41,42)24-10-7-9-22(33)19-24/h7,9-10,12-15,19-21,30,34-35H,3-6,8,11,16-18H2,1-2H3,(H2,36,37,38,40). The smallest absolute Gasteiger partial charge is 0.258 e. The average Bonchev–Trinajstić information content (AvgIpc) is 3.43. The molecule has 1 aliphatic rings. The van der Waals surface area contributed by atoms with E-state index in [4.69, 9.17) is 4.74 Å². The van der Waals surface area contributed by atoms with Crippen LogP contribution in [0.2, 0.25) is 0 Å². The zero-order valence-electron chi connectivity index (χ0n) is 25.0. The molecule has 44 heavy (non-hydrogen) atoms. The van der Waals surface area contributed by atoms with Crippen molar-refractivity contribution in [3.63, 3.8) is 0 Å². The van der Waals surface area contributed by atoms with Crippen molar-refractivity contribution in [3.05, 3.63) is 72.0 Å². The molecule has 1 unspecified atom stereocenters. The maximum atomic E-state index is 13.8. The first kappa shape index (κ1) is 31.4. The number of hydrogen-bond donors (Lipinski definition) is 4. The van der Waals surface area contributed by atoms with Gasteiger partial charge in [0.2, 0.25) is 9.84 Å². The molecule has 0 bridgehead atoms. The summed E-state index contributed by atoms with van der Waals surface area (Å²) in [6.07, 6.45) is 3.64. The lowest BCUT2D eigenvalue weighted by Crippen LogP contribution is -2.28. The molecule has 0 aliphatic carbocycles. The summed E-state index contributed by atoms with van der Waals surface area (Å²) in [5.41, 5.74) is 2.44. The fourth-order valence-corrected chi connectivity index (χ4v) is 6.59. The Morgan fingerprint density at radius 2 is 1.89 bits per heavy atom. The van der Waals surface area contributed by atoms with Gasteiger partial charge in [-0.3, -0.25) is 9.89 Å². The SMILES string of the molecule is CCN(CC)CCCNc1ccc(C(=O)Nc2n[nH]c3ccc(S(=O)(=O)c4cccc(F)c4)cc23)c(NC2CCCCO2)c1. The molecule has 0 saturated carbocycles. The van der Waals surface area contributed by atoms with E-state index in [2.05, 4.69) is 44.9 Å². The van der Waals surface area contributed by atoms with Crippen LogP contribution in [0.1, 0.15) is 49.9 Å². The number of anilines is 3. The van der Waals surface area contributed by atoms with E-state index in [1.54, 1.807) is 12.1 Å². The number of benzene rings is 3. The Morgan fingerprint density at radius 1 is 1.07 bits per heavy atom. The van der Waals surface area contributed by atoms with E-state index >= 15 is 0 Å². The summed E-state index contributed by atoms with van der Waals surface area (Å²) in [6, 6.07) is 14.8. The van der Waals surface area contributed by atoms with Crippen LogP contribution in [0.15, 0.2) is 70.5 Å². The summed E-state index contributed by atoms with van der Waals surface area (Å²) in [4.78, 5) is 15.8. The second-order valence-electron chi connectivity index (χ2n) is 10.8. The number of rotatable bonds is 13. The van der Waals surface area contributed by atoms with Crippen LogP contribution in [0.25, 0.3) is 10.9 Å². The summed E-state index contributed by atoms with van der Waals surface area (Å²) in [7, 11) is -4.00. The first-order chi connectivity index (χ1) is 21.3. The van der Waals surface area contributed by atoms with Gasteiger partial charge in [-0.25, -0.2) is 12.8 Å². The van der Waals surface area contributed by atoms with E-state index in [1.807, 2.05) is 12.1 Å². The highest BCUT2D eigenvalue weighted by molar-refractivity contribution is 7.91. The van der Waals surface area contributed by atoms with Gasteiger partial charge in [0.1, 0.15) is 12.0 Å². The van der Waals surface area contributed by atoms with Crippen molar-refractivity contribution in [1.82, 2.24) is 15.1 Å². The van der Waals surface area contributed by atoms with Crippen LogP contribution >= 0.6 is 0 Å². The number of carbonyl (C=O) groups is 1. The van der Waals surface area contributed by atoms with Crippen LogP contribution in [-0.2, 0) is 14.6 Å². The zero-order chi connectivity index (χ0) is 31.1. The summed E-state index contributed by atoms with van der Waals surface area (Å²) in [6.45, 7) is 8.81. The van der Waals surface area contributed by atoms with Gasteiger partial charge >= 0.3 is 0 Å². The highest BCUT2D eigenvalue weighted by Crippen LogP contribution is 2.30. The predicted molar refractivity (Wildman–Crippen MR) is 170 cm³/mol. The maximum absolute atomic E-state index is 13.8. The Morgan fingerprint density at radius 3 is 2.64 bits per heavy atom. The van der Waals surface area contributed by atoms with Gasteiger partial charge in [0, 0.05) is 24.2 Å². The molecule has 234 valence electrons. The predicted octanol–water partition coefficient (Wildman–Crippen LogP) is 5.87. The Hall–Kier alpha value is -4.00. The third-order valence-corrected chi connectivity index (χ3v) is 9.57. The van der Waals surface area contributed by atoms with Gasteiger partial charge in [-0.05, 0) is 99.9 Å². The Kier molecular flexibility index (Phi) is 10.1. The first-order valence-corrected chi connectivity index (χ1v) is 16.6. The molecule has 1 fully saturated rings. The molecule has 0 spiro atoms. The van der Waals surface area contributed by atoms with Crippen LogP contribution in [0, 0.1) is 5.82 Å². The van der Waals surface area contributed by atoms with Crippen molar-refractivity contribution in [3.8, 4) is 0 Å². The minimum absolute atomic E-state index is 0.0410. The van der Waals surface area contributed by atoms with Crippen LogP contribution in [0.5, 0.6) is 0 Å². The summed E-state index contributed by atoms with van der Waals surface area (Å²) in [5, 5.41) is 17.2. The Bertz CT molecular complexity index is 1700. The molecule has 4 N–H and O–H groups in total. The van der Waals surface area contributed by atoms with Crippen molar-refractivity contribution in [2.75, 3.05) is 48.7 Å².